The van der Waals surface area contributed by atoms with Crippen LogP contribution in [0.1, 0.15) is 111 Å². The van der Waals surface area contributed by atoms with Crippen LogP contribution in [0.25, 0.3) is 0 Å². The van der Waals surface area contributed by atoms with E-state index in [1.165, 1.54) is 100 Å². The summed E-state index contributed by atoms with van der Waals surface area (Å²) in [4.78, 5) is 2.30. The molecule has 0 aromatic heterocycles. The Morgan fingerprint density at radius 3 is 1.48 bits per heavy atom. The zero-order valence-corrected chi connectivity index (χ0v) is 19.5. The van der Waals surface area contributed by atoms with Crippen LogP contribution in [0.4, 0.5) is 0 Å². The maximum Gasteiger partial charge on any atom is 0.461 e. The molecule has 3 heteroatoms. The lowest BCUT2D eigenvalue weighted by atomic mass is 10.1. The first-order chi connectivity index (χ1) is 12.2. The van der Waals surface area contributed by atoms with Crippen LogP contribution in [0.5, 0.6) is 0 Å². The summed E-state index contributed by atoms with van der Waals surface area (Å²) >= 11 is -1.04. The molecule has 0 aromatic carbocycles. The lowest BCUT2D eigenvalue weighted by Gasteiger charge is -2.28. The van der Waals surface area contributed by atoms with Gasteiger partial charge in [-0.3, -0.25) is 4.90 Å². The fourth-order valence-electron chi connectivity index (χ4n) is 3.50. The highest BCUT2D eigenvalue weighted by atomic mass is 27.2. The highest BCUT2D eigenvalue weighted by Crippen LogP contribution is 2.19. The third-order valence-corrected chi connectivity index (χ3v) is 8.02. The Bertz CT molecular complexity index is 244. The second kappa shape index (κ2) is 19.2. The van der Waals surface area contributed by atoms with Crippen molar-refractivity contribution in [2.45, 2.75) is 127 Å². The molecule has 0 aliphatic heterocycles. The fourth-order valence-corrected chi connectivity index (χ4v) is 6.37. The van der Waals surface area contributed by atoms with Gasteiger partial charge < -0.3 is 3.79 Å². The zero-order valence-electron chi connectivity index (χ0n) is 18.3. The second-order valence-corrected chi connectivity index (χ2v) is 10.7. The van der Waals surface area contributed by atoms with Gasteiger partial charge in [0.05, 0.1) is 6.23 Å². The molecule has 1 atom stereocenters. The molecule has 0 aromatic rings. The summed E-state index contributed by atoms with van der Waals surface area (Å²) in [5.41, 5.74) is 0. The maximum atomic E-state index is 6.67. The average molecular weight is 370 g/mol. The van der Waals surface area contributed by atoms with E-state index in [4.69, 9.17) is 3.79 Å². The molecule has 0 saturated carbocycles. The van der Waals surface area contributed by atoms with E-state index in [0.29, 0.717) is 6.23 Å². The van der Waals surface area contributed by atoms with Crippen LogP contribution in [0, 0.1) is 0 Å². The molecule has 0 spiro atoms. The number of nitrogens with zero attached hydrogens (tertiary/aromatic N) is 1. The van der Waals surface area contributed by atoms with Gasteiger partial charge in [0.2, 0.25) is 0 Å². The third kappa shape index (κ3) is 16.4. The molecule has 2 nitrogen and oxygen atoms in total. The molecule has 0 aliphatic rings. The van der Waals surface area contributed by atoms with Crippen molar-refractivity contribution >= 4 is 14.5 Å². The quantitative estimate of drug-likeness (QED) is 0.134. The third-order valence-electron chi connectivity index (χ3n) is 5.22. The van der Waals surface area contributed by atoms with Crippen molar-refractivity contribution in [3.05, 3.63) is 0 Å². The molecule has 0 rings (SSSR count). The highest BCUT2D eigenvalue weighted by molar-refractivity contribution is 6.51. The Morgan fingerprint density at radius 1 is 0.640 bits per heavy atom. The van der Waals surface area contributed by atoms with E-state index in [9.17, 15) is 0 Å². The molecular formula is C22H48AlNO. The summed E-state index contributed by atoms with van der Waals surface area (Å²) in [5, 5.41) is 2.80. The van der Waals surface area contributed by atoms with Crippen molar-refractivity contribution in [1.82, 2.24) is 4.90 Å². The number of hydrogen-bond donors (Lipinski definition) is 0. The molecule has 0 heterocycles. The summed E-state index contributed by atoms with van der Waals surface area (Å²) in [6.07, 6.45) is 19.6. The first-order valence-electron chi connectivity index (χ1n) is 11.5. The molecular weight excluding hydrogens is 321 g/mol. The summed E-state index contributed by atoms with van der Waals surface area (Å²) in [7, 11) is 4.36. The molecule has 0 fully saturated rings. The molecule has 0 saturated heterocycles. The smallest absolute Gasteiger partial charge is 0.461 e. The summed E-state index contributed by atoms with van der Waals surface area (Å²) in [5.74, 6) is 0. The van der Waals surface area contributed by atoms with Gasteiger partial charge in [0.15, 0.2) is 0 Å². The molecule has 0 bridgehead atoms. The monoisotopic (exact) mass is 369 g/mol. The fraction of sp³-hybridized carbons (Fsp3) is 1.00. The lowest BCUT2D eigenvalue weighted by molar-refractivity contribution is 0.0527. The van der Waals surface area contributed by atoms with E-state index in [2.05, 4.69) is 39.8 Å². The molecule has 0 N–H and O–H groups in total. The Labute approximate surface area is 164 Å². The van der Waals surface area contributed by atoms with Gasteiger partial charge >= 0.3 is 14.5 Å². The standard InChI is InChI=1S/2C8H17.C6H14NO.Al/c2*1-3-5-7-8-6-4-2;1-4-5-6(8)7(2)3;/h2*1,3-8H2,2H3;6H,4-5H2,1-3H3;/q;;-1;+1. The first kappa shape index (κ1) is 25.5. The van der Waals surface area contributed by atoms with Gasteiger partial charge in [-0.2, -0.15) is 0 Å². The van der Waals surface area contributed by atoms with Crippen LogP contribution < -0.4 is 0 Å². The molecule has 0 amide bonds. The minimum atomic E-state index is -1.04. The van der Waals surface area contributed by atoms with Gasteiger partial charge in [-0.25, -0.2) is 0 Å². The number of hydrogen-bond acceptors (Lipinski definition) is 2. The van der Waals surface area contributed by atoms with Crippen molar-refractivity contribution in [3.63, 3.8) is 0 Å². The Balaban J connectivity index is 4.15. The predicted octanol–water partition coefficient (Wildman–Crippen LogP) is 7.40. The van der Waals surface area contributed by atoms with Crippen LogP contribution >= 0.6 is 0 Å². The van der Waals surface area contributed by atoms with E-state index in [1.54, 1.807) is 0 Å². The van der Waals surface area contributed by atoms with Gasteiger partial charge in [0.1, 0.15) is 0 Å². The largest absolute Gasteiger partial charge is 0.487 e. The van der Waals surface area contributed by atoms with Gasteiger partial charge in [-0.15, -0.1) is 0 Å². The van der Waals surface area contributed by atoms with Gasteiger partial charge in [-0.1, -0.05) is 115 Å². The summed E-state index contributed by atoms with van der Waals surface area (Å²) in [6.45, 7) is 6.87. The Hall–Kier alpha value is 0.452. The topological polar surface area (TPSA) is 12.5 Å². The van der Waals surface area contributed by atoms with Crippen LogP contribution in [0.3, 0.4) is 0 Å². The number of rotatable bonds is 19. The van der Waals surface area contributed by atoms with E-state index < -0.39 is 14.5 Å². The van der Waals surface area contributed by atoms with Gasteiger partial charge in [-0.05, 0) is 20.5 Å². The normalized spacial score (nSPS) is 12.7. The van der Waals surface area contributed by atoms with Gasteiger partial charge in [0.25, 0.3) is 0 Å². The highest BCUT2D eigenvalue weighted by Gasteiger charge is 2.24. The average Bonchev–Trinajstić information content (AvgIpc) is 2.59. The van der Waals surface area contributed by atoms with Crippen molar-refractivity contribution < 1.29 is 3.79 Å². The van der Waals surface area contributed by atoms with E-state index in [0.717, 1.165) is 0 Å². The SMILES string of the molecule is CCCCCCC[CH2][Al]([CH2]CCCCCCC)[O]C(CCC)N(C)C. The van der Waals surface area contributed by atoms with Crippen molar-refractivity contribution in [1.29, 1.82) is 0 Å². The van der Waals surface area contributed by atoms with Crippen LogP contribution in [0.2, 0.25) is 10.6 Å². The molecule has 0 aliphatic carbocycles. The first-order valence-corrected chi connectivity index (χ1v) is 13.6. The van der Waals surface area contributed by atoms with Crippen LogP contribution in [-0.4, -0.2) is 39.7 Å². The van der Waals surface area contributed by atoms with Gasteiger partial charge in [0, 0.05) is 0 Å². The van der Waals surface area contributed by atoms with E-state index in [1.807, 2.05) is 0 Å². The zero-order chi connectivity index (χ0) is 18.8. The Morgan fingerprint density at radius 2 is 1.08 bits per heavy atom. The molecule has 150 valence electrons. The minimum absolute atomic E-state index is 0.363. The molecule has 1 unspecified atom stereocenters. The minimum Gasteiger partial charge on any atom is -0.487 e. The van der Waals surface area contributed by atoms with Crippen molar-refractivity contribution in [2.24, 2.45) is 0 Å². The summed E-state index contributed by atoms with van der Waals surface area (Å²) < 4.78 is 6.67. The van der Waals surface area contributed by atoms with Crippen LogP contribution in [0.15, 0.2) is 0 Å². The predicted molar refractivity (Wildman–Crippen MR) is 116 cm³/mol. The maximum absolute atomic E-state index is 6.67. The summed E-state index contributed by atoms with van der Waals surface area (Å²) in [6, 6.07) is 0. The van der Waals surface area contributed by atoms with Crippen molar-refractivity contribution in [2.75, 3.05) is 14.1 Å². The second-order valence-electron chi connectivity index (χ2n) is 8.08. The van der Waals surface area contributed by atoms with E-state index >= 15 is 0 Å². The van der Waals surface area contributed by atoms with Crippen LogP contribution in [-0.2, 0) is 3.79 Å². The number of unbranched alkanes of at least 4 members (excludes halogenated alkanes) is 10. The lowest BCUT2D eigenvalue weighted by Crippen LogP contribution is -2.36. The molecule has 0 radical (unpaired) electrons. The van der Waals surface area contributed by atoms with E-state index in [-0.39, 0.29) is 0 Å². The van der Waals surface area contributed by atoms with Crippen molar-refractivity contribution in [3.8, 4) is 0 Å². The molecule has 25 heavy (non-hydrogen) atoms. The Kier molecular flexibility index (Phi) is 19.6.